The van der Waals surface area contributed by atoms with Crippen molar-refractivity contribution in [2.45, 2.75) is 6.92 Å². The number of nitrogens with zero attached hydrogens (tertiary/aromatic N) is 1. The molecule has 0 fully saturated rings. The van der Waals surface area contributed by atoms with E-state index in [-0.39, 0.29) is 5.75 Å². The first-order chi connectivity index (χ1) is 10.7. The van der Waals surface area contributed by atoms with Gasteiger partial charge in [-0.2, -0.15) is 0 Å². The molecule has 108 valence electrons. The highest BCUT2D eigenvalue weighted by Gasteiger charge is 2.23. The maximum absolute atomic E-state index is 10.4. The number of benzene rings is 3. The molecule has 0 bridgehead atoms. The molecule has 4 rings (SSSR count). The van der Waals surface area contributed by atoms with E-state index in [1.165, 1.54) is 0 Å². The van der Waals surface area contributed by atoms with Crippen LogP contribution >= 0.6 is 0 Å². The molecule has 3 aromatic rings. The molecule has 3 heteroatoms. The minimum absolute atomic E-state index is 0.261. The van der Waals surface area contributed by atoms with Crippen LogP contribution in [-0.4, -0.2) is 17.9 Å². The van der Waals surface area contributed by atoms with Crippen molar-refractivity contribution in [2.24, 2.45) is 4.99 Å². The van der Waals surface area contributed by atoms with Crippen LogP contribution in [0.25, 0.3) is 10.8 Å². The maximum atomic E-state index is 10.4. The Hall–Kier alpha value is -2.81. The lowest BCUT2D eigenvalue weighted by atomic mass is 9.96. The first kappa shape index (κ1) is 12.9. The summed E-state index contributed by atoms with van der Waals surface area (Å²) in [4.78, 5) is 4.76. The minimum Gasteiger partial charge on any atom is -0.507 e. The predicted octanol–water partition coefficient (Wildman–Crippen LogP) is 4.34. The smallest absolute Gasteiger partial charge is 0.125 e. The average molecular weight is 289 g/mol. The summed E-state index contributed by atoms with van der Waals surface area (Å²) in [6, 6.07) is 15.6. The monoisotopic (exact) mass is 289 g/mol. The normalized spacial score (nSPS) is 12.5. The van der Waals surface area contributed by atoms with Gasteiger partial charge in [-0.3, -0.25) is 0 Å². The van der Waals surface area contributed by atoms with Crippen LogP contribution < -0.4 is 4.74 Å². The largest absolute Gasteiger partial charge is 0.507 e. The summed E-state index contributed by atoms with van der Waals surface area (Å²) in [7, 11) is 1.64. The summed E-state index contributed by atoms with van der Waals surface area (Å²) >= 11 is 0. The van der Waals surface area contributed by atoms with E-state index in [4.69, 9.17) is 9.73 Å². The number of aliphatic imine (C=N–C) groups is 1. The van der Waals surface area contributed by atoms with Crippen LogP contribution in [0.2, 0.25) is 0 Å². The SMILES string of the molecule is COc1cccc(C2=Nc3cc(C)cc4ccc(O)c2c34)c1. The summed E-state index contributed by atoms with van der Waals surface area (Å²) in [6.07, 6.45) is 0. The Morgan fingerprint density at radius 3 is 2.73 bits per heavy atom. The lowest BCUT2D eigenvalue weighted by Gasteiger charge is -2.08. The summed E-state index contributed by atoms with van der Waals surface area (Å²) < 4.78 is 5.30. The second-order valence-electron chi connectivity index (χ2n) is 5.53. The third-order valence-electron chi connectivity index (χ3n) is 4.03. The molecule has 22 heavy (non-hydrogen) atoms. The van der Waals surface area contributed by atoms with Gasteiger partial charge in [0.25, 0.3) is 0 Å². The summed E-state index contributed by atoms with van der Waals surface area (Å²) in [5, 5.41) is 12.5. The zero-order chi connectivity index (χ0) is 15.3. The van der Waals surface area contributed by atoms with Gasteiger partial charge in [0, 0.05) is 10.9 Å². The molecule has 0 unspecified atom stereocenters. The molecule has 1 aliphatic rings. The topological polar surface area (TPSA) is 41.8 Å². The second kappa shape index (κ2) is 4.60. The number of rotatable bonds is 2. The second-order valence-corrected chi connectivity index (χ2v) is 5.53. The van der Waals surface area contributed by atoms with Gasteiger partial charge >= 0.3 is 0 Å². The third-order valence-corrected chi connectivity index (χ3v) is 4.03. The molecule has 0 spiro atoms. The average Bonchev–Trinajstić information content (AvgIpc) is 2.91. The highest BCUT2D eigenvalue weighted by atomic mass is 16.5. The van der Waals surface area contributed by atoms with Gasteiger partial charge in [0.05, 0.1) is 24.1 Å². The fourth-order valence-electron chi connectivity index (χ4n) is 3.06. The number of hydrogen-bond acceptors (Lipinski definition) is 3. The van der Waals surface area contributed by atoms with Gasteiger partial charge in [0.1, 0.15) is 11.5 Å². The summed E-state index contributed by atoms with van der Waals surface area (Å²) in [6.45, 7) is 2.06. The van der Waals surface area contributed by atoms with E-state index in [1.54, 1.807) is 13.2 Å². The number of aromatic hydroxyl groups is 1. The van der Waals surface area contributed by atoms with Gasteiger partial charge in [-0.25, -0.2) is 4.99 Å². The predicted molar refractivity (Wildman–Crippen MR) is 88.6 cm³/mol. The molecule has 0 aromatic heterocycles. The van der Waals surface area contributed by atoms with Crippen molar-refractivity contribution in [3.8, 4) is 11.5 Å². The van der Waals surface area contributed by atoms with Crippen LogP contribution in [0, 0.1) is 6.92 Å². The fraction of sp³-hybridized carbons (Fsp3) is 0.105. The summed E-state index contributed by atoms with van der Waals surface area (Å²) in [5.41, 5.74) is 4.62. The number of methoxy groups -OCH3 is 1. The first-order valence-corrected chi connectivity index (χ1v) is 7.17. The molecule has 0 saturated carbocycles. The molecular formula is C19H15NO2. The van der Waals surface area contributed by atoms with Gasteiger partial charge in [-0.1, -0.05) is 24.3 Å². The quantitative estimate of drug-likeness (QED) is 0.596. The molecule has 0 aliphatic carbocycles. The zero-order valence-electron chi connectivity index (χ0n) is 12.4. The maximum Gasteiger partial charge on any atom is 0.125 e. The molecule has 0 saturated heterocycles. The highest BCUT2D eigenvalue weighted by Crippen LogP contribution is 2.42. The molecule has 1 N–H and O–H groups in total. The van der Waals surface area contributed by atoms with Crippen LogP contribution in [-0.2, 0) is 0 Å². The molecule has 0 radical (unpaired) electrons. The number of hydrogen-bond donors (Lipinski definition) is 1. The molecule has 0 atom stereocenters. The Bertz CT molecular complexity index is 942. The van der Waals surface area contributed by atoms with Crippen LogP contribution in [0.4, 0.5) is 5.69 Å². The first-order valence-electron chi connectivity index (χ1n) is 7.17. The van der Waals surface area contributed by atoms with Crippen molar-refractivity contribution >= 4 is 22.2 Å². The molecule has 1 aliphatic heterocycles. The minimum atomic E-state index is 0.261. The lowest BCUT2D eigenvalue weighted by molar-refractivity contribution is 0.414. The van der Waals surface area contributed by atoms with Gasteiger partial charge in [0.2, 0.25) is 0 Å². The Morgan fingerprint density at radius 1 is 1.05 bits per heavy atom. The van der Waals surface area contributed by atoms with E-state index < -0.39 is 0 Å². The van der Waals surface area contributed by atoms with E-state index in [9.17, 15) is 5.11 Å². The van der Waals surface area contributed by atoms with Crippen LogP contribution in [0.5, 0.6) is 11.5 Å². The van der Waals surface area contributed by atoms with E-state index in [0.717, 1.165) is 44.6 Å². The van der Waals surface area contributed by atoms with E-state index in [1.807, 2.05) is 30.3 Å². The van der Waals surface area contributed by atoms with Crippen LogP contribution in [0.1, 0.15) is 16.7 Å². The van der Waals surface area contributed by atoms with Crippen molar-refractivity contribution in [1.82, 2.24) is 0 Å². The Balaban J connectivity index is 2.01. The standard InChI is InChI=1S/C19H15NO2/c1-11-8-12-6-7-16(21)18-17(12)15(9-11)20-19(18)13-4-3-5-14(10-13)22-2/h3-10,21H,1-2H3. The number of phenolic OH excluding ortho intramolecular Hbond substituents is 1. The van der Waals surface area contributed by atoms with E-state index >= 15 is 0 Å². The molecule has 3 nitrogen and oxygen atoms in total. The van der Waals surface area contributed by atoms with Gasteiger partial charge in [-0.15, -0.1) is 0 Å². The van der Waals surface area contributed by atoms with Crippen LogP contribution in [0.15, 0.2) is 53.5 Å². The number of aryl methyl sites for hydroxylation is 1. The lowest BCUT2D eigenvalue weighted by Crippen LogP contribution is -2.01. The van der Waals surface area contributed by atoms with Crippen molar-refractivity contribution in [2.75, 3.05) is 7.11 Å². The molecule has 1 heterocycles. The van der Waals surface area contributed by atoms with Crippen LogP contribution in [0.3, 0.4) is 0 Å². The van der Waals surface area contributed by atoms with Crippen molar-refractivity contribution in [3.05, 3.63) is 65.2 Å². The van der Waals surface area contributed by atoms with E-state index in [2.05, 4.69) is 19.1 Å². The number of ether oxygens (including phenoxy) is 1. The number of phenols is 1. The molecule has 0 amide bonds. The fourth-order valence-corrected chi connectivity index (χ4v) is 3.06. The van der Waals surface area contributed by atoms with Crippen molar-refractivity contribution < 1.29 is 9.84 Å². The zero-order valence-corrected chi connectivity index (χ0v) is 12.4. The van der Waals surface area contributed by atoms with Gasteiger partial charge in [0.15, 0.2) is 0 Å². The van der Waals surface area contributed by atoms with E-state index in [0.29, 0.717) is 0 Å². The van der Waals surface area contributed by atoms with Gasteiger partial charge in [-0.05, 0) is 42.1 Å². The Labute approximate surface area is 128 Å². The van der Waals surface area contributed by atoms with Crippen molar-refractivity contribution in [3.63, 3.8) is 0 Å². The molecular weight excluding hydrogens is 274 g/mol. The Kier molecular flexibility index (Phi) is 2.70. The third kappa shape index (κ3) is 1.79. The summed E-state index contributed by atoms with van der Waals surface area (Å²) in [5.74, 6) is 1.04. The Morgan fingerprint density at radius 2 is 1.91 bits per heavy atom. The molecule has 3 aromatic carbocycles. The van der Waals surface area contributed by atoms with Gasteiger partial charge < -0.3 is 9.84 Å². The highest BCUT2D eigenvalue weighted by molar-refractivity contribution is 6.27. The van der Waals surface area contributed by atoms with Crippen molar-refractivity contribution in [1.29, 1.82) is 0 Å².